The van der Waals surface area contributed by atoms with Crippen molar-refractivity contribution in [3.05, 3.63) is 83.4 Å². The van der Waals surface area contributed by atoms with E-state index in [2.05, 4.69) is 64.0 Å². The molecule has 0 aliphatic heterocycles. The van der Waals surface area contributed by atoms with E-state index in [1.807, 2.05) is 30.3 Å². The van der Waals surface area contributed by atoms with Gasteiger partial charge in [-0.25, -0.2) is 5.43 Å². The number of hydrogen-bond acceptors (Lipinski definition) is 7. The summed E-state index contributed by atoms with van der Waals surface area (Å²) < 4.78 is 1.68. The van der Waals surface area contributed by atoms with Crippen molar-refractivity contribution < 1.29 is 4.79 Å². The fourth-order valence-electron chi connectivity index (χ4n) is 2.84. The summed E-state index contributed by atoms with van der Waals surface area (Å²) in [5.74, 6) is 0.915. The topological polar surface area (TPSA) is 67.2 Å². The van der Waals surface area contributed by atoms with E-state index in [1.165, 1.54) is 34.2 Å². The molecule has 0 saturated carbocycles. The van der Waals surface area contributed by atoms with Gasteiger partial charge in [0.25, 0.3) is 5.91 Å². The Hall–Kier alpha value is -2.68. The SMILES string of the molecule is Cc1ccc(CSc2nnc(SCC(=O)NN=Cc3cccc4ccccc34)s2)cc1. The molecule has 1 N–H and O–H groups in total. The molecule has 1 aromatic heterocycles. The first kappa shape index (κ1) is 21.5. The molecule has 0 atom stereocenters. The predicted octanol–water partition coefficient (Wildman–Crippen LogP) is 5.53. The zero-order valence-electron chi connectivity index (χ0n) is 16.8. The fourth-order valence-corrected chi connectivity index (χ4v) is 5.61. The highest BCUT2D eigenvalue weighted by atomic mass is 32.2. The average Bonchev–Trinajstić information content (AvgIpc) is 3.25. The van der Waals surface area contributed by atoms with E-state index in [0.29, 0.717) is 0 Å². The molecule has 1 amide bonds. The van der Waals surface area contributed by atoms with E-state index in [9.17, 15) is 4.79 Å². The summed E-state index contributed by atoms with van der Waals surface area (Å²) in [6.07, 6.45) is 1.68. The van der Waals surface area contributed by atoms with Crippen LogP contribution in [0, 0.1) is 6.92 Å². The van der Waals surface area contributed by atoms with Gasteiger partial charge in [0.1, 0.15) is 0 Å². The lowest BCUT2D eigenvalue weighted by atomic mass is 10.1. The van der Waals surface area contributed by atoms with E-state index >= 15 is 0 Å². The molecule has 4 rings (SSSR count). The van der Waals surface area contributed by atoms with Crippen LogP contribution in [0.15, 0.2) is 80.5 Å². The first-order chi connectivity index (χ1) is 15.2. The molecular formula is C23H20N4OS3. The minimum Gasteiger partial charge on any atom is -0.272 e. The lowest BCUT2D eigenvalue weighted by molar-refractivity contribution is -0.118. The molecule has 31 heavy (non-hydrogen) atoms. The van der Waals surface area contributed by atoms with Crippen molar-refractivity contribution in [2.75, 3.05) is 5.75 Å². The first-order valence-corrected chi connectivity index (χ1v) is 12.4. The fraction of sp³-hybridized carbons (Fsp3) is 0.130. The molecule has 0 aliphatic carbocycles. The summed E-state index contributed by atoms with van der Waals surface area (Å²) in [7, 11) is 0. The van der Waals surface area contributed by atoms with Gasteiger partial charge in [-0.2, -0.15) is 5.10 Å². The number of carbonyl (C=O) groups excluding carboxylic acids is 1. The molecule has 5 nitrogen and oxygen atoms in total. The van der Waals surface area contributed by atoms with Crippen LogP contribution in [0.1, 0.15) is 16.7 Å². The Balaban J connectivity index is 1.24. The maximum absolute atomic E-state index is 12.1. The van der Waals surface area contributed by atoms with Gasteiger partial charge in [0, 0.05) is 11.3 Å². The smallest absolute Gasteiger partial charge is 0.250 e. The zero-order chi connectivity index (χ0) is 21.5. The van der Waals surface area contributed by atoms with Crippen LogP contribution in [-0.2, 0) is 10.5 Å². The third-order valence-corrected chi connectivity index (χ3v) is 7.67. The van der Waals surface area contributed by atoms with Gasteiger partial charge in [-0.3, -0.25) is 4.79 Å². The van der Waals surface area contributed by atoms with E-state index < -0.39 is 0 Å². The maximum atomic E-state index is 12.1. The van der Waals surface area contributed by atoms with E-state index in [1.54, 1.807) is 18.0 Å². The Morgan fingerprint density at radius 1 is 1.00 bits per heavy atom. The molecule has 8 heteroatoms. The number of amides is 1. The van der Waals surface area contributed by atoms with Crippen LogP contribution in [0.3, 0.4) is 0 Å². The van der Waals surface area contributed by atoms with Gasteiger partial charge in [-0.1, -0.05) is 107 Å². The molecule has 0 spiro atoms. The summed E-state index contributed by atoms with van der Waals surface area (Å²) in [5, 5.41) is 14.7. The number of benzene rings is 3. The quantitative estimate of drug-likeness (QED) is 0.211. The Morgan fingerprint density at radius 3 is 2.58 bits per heavy atom. The van der Waals surface area contributed by atoms with Gasteiger partial charge >= 0.3 is 0 Å². The van der Waals surface area contributed by atoms with Crippen LogP contribution in [0.25, 0.3) is 10.8 Å². The number of hydrogen-bond donors (Lipinski definition) is 1. The van der Waals surface area contributed by atoms with Crippen LogP contribution in [0.5, 0.6) is 0 Å². The van der Waals surface area contributed by atoms with Crippen LogP contribution < -0.4 is 5.43 Å². The molecule has 1 heterocycles. The Bertz CT molecular complexity index is 1200. The number of fused-ring (bicyclic) bond motifs is 1. The standard InChI is InChI=1S/C23H20N4OS3/c1-16-9-11-17(12-10-16)14-29-22-26-27-23(31-22)30-15-21(28)25-24-13-19-7-4-6-18-5-2-3-8-20(18)19/h2-13H,14-15H2,1H3,(H,25,28). The molecule has 0 fully saturated rings. The van der Waals surface area contributed by atoms with Crippen LogP contribution in [0.4, 0.5) is 0 Å². The molecule has 156 valence electrons. The minimum absolute atomic E-state index is 0.175. The van der Waals surface area contributed by atoms with Gasteiger partial charge in [-0.15, -0.1) is 10.2 Å². The highest BCUT2D eigenvalue weighted by Crippen LogP contribution is 2.30. The molecule has 0 bridgehead atoms. The highest BCUT2D eigenvalue weighted by Gasteiger charge is 2.09. The second kappa shape index (κ2) is 10.6. The number of hydrazone groups is 1. The summed E-state index contributed by atoms with van der Waals surface area (Å²) >= 11 is 4.53. The summed E-state index contributed by atoms with van der Waals surface area (Å²) in [6, 6.07) is 22.6. The maximum Gasteiger partial charge on any atom is 0.250 e. The Kier molecular flexibility index (Phi) is 7.35. The van der Waals surface area contributed by atoms with Crippen LogP contribution >= 0.6 is 34.9 Å². The van der Waals surface area contributed by atoms with Crippen molar-refractivity contribution >= 4 is 57.8 Å². The number of aromatic nitrogens is 2. The van der Waals surface area contributed by atoms with Gasteiger partial charge in [0.2, 0.25) is 0 Å². The molecule has 0 saturated heterocycles. The van der Waals surface area contributed by atoms with Crippen LogP contribution in [0.2, 0.25) is 0 Å². The monoisotopic (exact) mass is 464 g/mol. The van der Waals surface area contributed by atoms with Gasteiger partial charge < -0.3 is 0 Å². The third kappa shape index (κ3) is 6.16. The molecule has 0 unspecified atom stereocenters. The average molecular weight is 465 g/mol. The van der Waals surface area contributed by atoms with E-state index in [4.69, 9.17) is 0 Å². The summed E-state index contributed by atoms with van der Waals surface area (Å²) in [6.45, 7) is 2.08. The number of thioether (sulfide) groups is 2. The normalized spacial score (nSPS) is 11.3. The molecule has 4 aromatic rings. The number of carbonyl (C=O) groups is 1. The molecule has 0 aliphatic rings. The number of nitrogens with one attached hydrogen (secondary N) is 1. The minimum atomic E-state index is -0.175. The largest absolute Gasteiger partial charge is 0.272 e. The highest BCUT2D eigenvalue weighted by molar-refractivity contribution is 8.03. The molecular weight excluding hydrogens is 444 g/mol. The third-order valence-electron chi connectivity index (χ3n) is 4.41. The number of nitrogens with zero attached hydrogens (tertiary/aromatic N) is 3. The van der Waals surface area contributed by atoms with Gasteiger partial charge in [0.05, 0.1) is 12.0 Å². The summed E-state index contributed by atoms with van der Waals surface area (Å²) in [4.78, 5) is 12.1. The molecule has 3 aromatic carbocycles. The van der Waals surface area contributed by atoms with Crippen molar-refractivity contribution in [2.45, 2.75) is 21.4 Å². The summed E-state index contributed by atoms with van der Waals surface area (Å²) in [5.41, 5.74) is 6.05. The lowest BCUT2D eigenvalue weighted by Gasteiger charge is -2.01. The number of rotatable bonds is 8. The van der Waals surface area contributed by atoms with E-state index in [0.717, 1.165) is 30.8 Å². The van der Waals surface area contributed by atoms with Crippen molar-refractivity contribution in [3.63, 3.8) is 0 Å². The zero-order valence-corrected chi connectivity index (χ0v) is 19.3. The molecule has 0 radical (unpaired) electrons. The first-order valence-electron chi connectivity index (χ1n) is 9.62. The Labute approximate surface area is 193 Å². The van der Waals surface area contributed by atoms with Crippen molar-refractivity contribution in [1.29, 1.82) is 0 Å². The van der Waals surface area contributed by atoms with Crippen molar-refractivity contribution in [2.24, 2.45) is 5.10 Å². The van der Waals surface area contributed by atoms with E-state index in [-0.39, 0.29) is 11.7 Å². The second-order valence-corrected chi connectivity index (χ2v) is 10.2. The number of aryl methyl sites for hydroxylation is 1. The predicted molar refractivity (Wildman–Crippen MR) is 131 cm³/mol. The van der Waals surface area contributed by atoms with Crippen LogP contribution in [-0.4, -0.2) is 28.1 Å². The van der Waals surface area contributed by atoms with Gasteiger partial charge in [-0.05, 0) is 23.3 Å². The van der Waals surface area contributed by atoms with Crippen molar-refractivity contribution in [1.82, 2.24) is 15.6 Å². The Morgan fingerprint density at radius 2 is 1.74 bits per heavy atom. The second-order valence-electron chi connectivity index (χ2n) is 6.76. The van der Waals surface area contributed by atoms with Crippen molar-refractivity contribution in [3.8, 4) is 0 Å². The lowest BCUT2D eigenvalue weighted by Crippen LogP contribution is -2.19. The van der Waals surface area contributed by atoms with Gasteiger partial charge in [0.15, 0.2) is 8.68 Å².